The number of rotatable bonds is 3. The van der Waals surface area contributed by atoms with Crippen molar-refractivity contribution in [2.45, 2.75) is 65.7 Å². The normalized spacial score (nSPS) is 17.2. The van der Waals surface area contributed by atoms with Crippen LogP contribution in [0, 0.1) is 6.92 Å². The molecule has 188 valence electrons. The smallest absolute Gasteiger partial charge is 0.410 e. The van der Waals surface area contributed by atoms with E-state index in [0.29, 0.717) is 30.8 Å². The summed E-state index contributed by atoms with van der Waals surface area (Å²) in [6, 6.07) is 8.97. The maximum Gasteiger partial charge on any atom is 0.410 e. The molecule has 0 unspecified atom stereocenters. The summed E-state index contributed by atoms with van der Waals surface area (Å²) >= 11 is 0. The molecule has 1 amide bonds. The van der Waals surface area contributed by atoms with E-state index < -0.39 is 11.2 Å². The maximum atomic E-state index is 13.5. The second-order valence-corrected chi connectivity index (χ2v) is 10.7. The molecule has 10 nitrogen and oxygen atoms in total. The van der Waals surface area contributed by atoms with Crippen LogP contribution < -0.4 is 10.6 Å². The lowest BCUT2D eigenvalue weighted by atomic mass is 9.98. The van der Waals surface area contributed by atoms with Gasteiger partial charge in [-0.3, -0.25) is 4.79 Å². The third-order valence-electron chi connectivity index (χ3n) is 6.04. The number of carbonyl (C=O) groups is 1. The molecule has 35 heavy (non-hydrogen) atoms. The lowest BCUT2D eigenvalue weighted by Crippen LogP contribution is -2.60. The van der Waals surface area contributed by atoms with E-state index in [0.717, 1.165) is 11.3 Å². The van der Waals surface area contributed by atoms with Gasteiger partial charge in [-0.15, -0.1) is 10.2 Å². The molecule has 4 rings (SSSR count). The highest BCUT2D eigenvalue weighted by molar-refractivity contribution is 5.73. The van der Waals surface area contributed by atoms with Gasteiger partial charge in [0.15, 0.2) is 5.52 Å². The molecule has 2 aromatic heterocycles. The fraction of sp³-hybridized carbons (Fsp3) is 0.520. The average Bonchev–Trinajstić information content (AvgIpc) is 3.16. The SMILES string of the molecule is Cc1cc2nn(-c3ccc(C(C)(C)O)cc3)nc2c(=O)n1N1CCN(C(=O)OC(C)(C)C)[C@H](C)C1. The van der Waals surface area contributed by atoms with E-state index in [1.165, 1.54) is 4.80 Å². The van der Waals surface area contributed by atoms with E-state index in [-0.39, 0.29) is 23.2 Å². The number of piperazine rings is 1. The Hall–Kier alpha value is -3.40. The van der Waals surface area contributed by atoms with Crippen molar-refractivity contribution in [2.24, 2.45) is 0 Å². The van der Waals surface area contributed by atoms with E-state index in [1.54, 1.807) is 23.4 Å². The topological polar surface area (TPSA) is 106 Å². The van der Waals surface area contributed by atoms with Gasteiger partial charge in [0.1, 0.15) is 11.1 Å². The van der Waals surface area contributed by atoms with Crippen LogP contribution in [0.25, 0.3) is 16.7 Å². The summed E-state index contributed by atoms with van der Waals surface area (Å²) in [5.41, 5.74) is 1.22. The van der Waals surface area contributed by atoms with Gasteiger partial charge in [0, 0.05) is 12.2 Å². The van der Waals surface area contributed by atoms with Crippen molar-refractivity contribution < 1.29 is 14.6 Å². The number of fused-ring (bicyclic) bond motifs is 1. The molecular formula is C25H34N6O4. The quantitative estimate of drug-likeness (QED) is 0.612. The summed E-state index contributed by atoms with van der Waals surface area (Å²) in [4.78, 5) is 29.2. The number of nitrogens with zero attached hydrogens (tertiary/aromatic N) is 6. The molecule has 1 N–H and O–H groups in total. The Morgan fingerprint density at radius 3 is 2.31 bits per heavy atom. The number of aromatic nitrogens is 4. The van der Waals surface area contributed by atoms with Gasteiger partial charge in [-0.1, -0.05) is 12.1 Å². The number of carbonyl (C=O) groups excluding carboxylic acids is 1. The zero-order chi connectivity index (χ0) is 25.7. The fourth-order valence-corrected chi connectivity index (χ4v) is 4.27. The number of benzene rings is 1. The highest BCUT2D eigenvalue weighted by Crippen LogP contribution is 2.21. The number of hydrogen-bond donors (Lipinski definition) is 1. The van der Waals surface area contributed by atoms with Crippen molar-refractivity contribution in [2.75, 3.05) is 24.6 Å². The molecule has 3 aromatic rings. The van der Waals surface area contributed by atoms with E-state index in [4.69, 9.17) is 4.74 Å². The number of amides is 1. The summed E-state index contributed by atoms with van der Waals surface area (Å²) in [6.07, 6.45) is -0.345. The molecule has 0 saturated carbocycles. The zero-order valence-electron chi connectivity index (χ0n) is 21.4. The molecule has 0 radical (unpaired) electrons. The number of hydrogen-bond acceptors (Lipinski definition) is 7. The van der Waals surface area contributed by atoms with Gasteiger partial charge in [-0.05, 0) is 72.2 Å². The zero-order valence-corrected chi connectivity index (χ0v) is 21.4. The van der Waals surface area contributed by atoms with Crippen molar-refractivity contribution in [3.8, 4) is 5.69 Å². The van der Waals surface area contributed by atoms with Crippen molar-refractivity contribution in [3.63, 3.8) is 0 Å². The minimum atomic E-state index is -0.948. The van der Waals surface area contributed by atoms with Crippen molar-refractivity contribution in [1.82, 2.24) is 24.6 Å². The maximum absolute atomic E-state index is 13.5. The van der Waals surface area contributed by atoms with Crippen LogP contribution in [0.2, 0.25) is 0 Å². The van der Waals surface area contributed by atoms with Crippen LogP contribution in [0.3, 0.4) is 0 Å². The highest BCUT2D eigenvalue weighted by Gasteiger charge is 2.32. The first-order valence-electron chi connectivity index (χ1n) is 11.8. The third-order valence-corrected chi connectivity index (χ3v) is 6.04. The molecule has 3 heterocycles. The first kappa shape index (κ1) is 24.7. The largest absolute Gasteiger partial charge is 0.444 e. The van der Waals surface area contributed by atoms with Crippen LogP contribution >= 0.6 is 0 Å². The molecule has 0 aliphatic carbocycles. The van der Waals surface area contributed by atoms with Crippen LogP contribution in [0.15, 0.2) is 35.1 Å². The molecule has 1 saturated heterocycles. The third kappa shape index (κ3) is 5.02. The molecular weight excluding hydrogens is 448 g/mol. The Bertz CT molecular complexity index is 1300. The van der Waals surface area contributed by atoms with Crippen molar-refractivity contribution in [3.05, 3.63) is 51.9 Å². The van der Waals surface area contributed by atoms with Gasteiger partial charge in [0.25, 0.3) is 5.56 Å². The van der Waals surface area contributed by atoms with E-state index in [1.807, 2.05) is 70.0 Å². The Morgan fingerprint density at radius 2 is 1.74 bits per heavy atom. The average molecular weight is 483 g/mol. The number of aliphatic hydroxyl groups is 1. The van der Waals surface area contributed by atoms with Gasteiger partial charge in [0.2, 0.25) is 0 Å². The molecule has 1 aliphatic rings. The molecule has 10 heteroatoms. The summed E-state index contributed by atoms with van der Waals surface area (Å²) in [5, 5.41) is 21.1. The summed E-state index contributed by atoms with van der Waals surface area (Å²) in [7, 11) is 0. The van der Waals surface area contributed by atoms with E-state index in [9.17, 15) is 14.7 Å². The predicted octanol–water partition coefficient (Wildman–Crippen LogP) is 2.70. The number of ether oxygens (including phenoxy) is 1. The second-order valence-electron chi connectivity index (χ2n) is 10.7. The predicted molar refractivity (Wildman–Crippen MR) is 133 cm³/mol. The van der Waals surface area contributed by atoms with E-state index in [2.05, 4.69) is 10.2 Å². The lowest BCUT2D eigenvalue weighted by Gasteiger charge is -2.41. The minimum absolute atomic E-state index is 0.134. The van der Waals surface area contributed by atoms with E-state index >= 15 is 0 Å². The van der Waals surface area contributed by atoms with Crippen LogP contribution in [0.5, 0.6) is 0 Å². The lowest BCUT2D eigenvalue weighted by molar-refractivity contribution is 0.0145. The molecule has 1 fully saturated rings. The first-order valence-corrected chi connectivity index (χ1v) is 11.8. The first-order chi connectivity index (χ1) is 16.2. The van der Waals surface area contributed by atoms with Gasteiger partial charge < -0.3 is 19.8 Å². The van der Waals surface area contributed by atoms with Gasteiger partial charge in [-0.2, -0.15) is 4.80 Å². The highest BCUT2D eigenvalue weighted by atomic mass is 16.6. The van der Waals surface area contributed by atoms with Crippen LogP contribution in [-0.2, 0) is 10.3 Å². The van der Waals surface area contributed by atoms with Gasteiger partial charge in [-0.25, -0.2) is 9.47 Å². The van der Waals surface area contributed by atoms with Crippen LogP contribution in [0.1, 0.15) is 52.8 Å². The number of pyridine rings is 1. The van der Waals surface area contributed by atoms with Gasteiger partial charge in [0.05, 0.1) is 30.4 Å². The van der Waals surface area contributed by atoms with Crippen LogP contribution in [0.4, 0.5) is 4.79 Å². The molecule has 0 bridgehead atoms. The minimum Gasteiger partial charge on any atom is -0.444 e. The van der Waals surface area contributed by atoms with Crippen LogP contribution in [-0.4, -0.2) is 67.0 Å². The molecule has 0 spiro atoms. The van der Waals surface area contributed by atoms with Crippen molar-refractivity contribution >= 4 is 17.1 Å². The van der Waals surface area contributed by atoms with Crippen molar-refractivity contribution in [1.29, 1.82) is 0 Å². The summed E-state index contributed by atoms with van der Waals surface area (Å²) in [6.45, 7) is 14.2. The molecule has 1 aromatic carbocycles. The van der Waals surface area contributed by atoms with Gasteiger partial charge >= 0.3 is 6.09 Å². The Labute approximate surface area is 204 Å². The second kappa shape index (κ2) is 8.67. The standard InChI is InChI=1S/C25H34N6O4/c1-16-14-20-21(27-31(26-20)19-10-8-18(9-11-19)25(6,7)34)22(32)30(16)28-12-13-29(17(2)15-28)23(33)35-24(3,4)5/h8-11,14,17,34H,12-13,15H2,1-7H3/t17-/m1/s1. The Kier molecular flexibility index (Phi) is 6.12. The molecule has 1 aliphatic heterocycles. The monoisotopic (exact) mass is 482 g/mol. The number of aryl methyl sites for hydroxylation is 1. The summed E-state index contributed by atoms with van der Waals surface area (Å²) in [5.74, 6) is 0. The summed E-state index contributed by atoms with van der Waals surface area (Å²) < 4.78 is 7.16. The fourth-order valence-electron chi connectivity index (χ4n) is 4.27. The molecule has 1 atom stereocenters. The Balaban J connectivity index is 1.61. The Morgan fingerprint density at radius 1 is 1.09 bits per heavy atom.